The largest absolute Gasteiger partial charge is 0.328 e. The van der Waals surface area contributed by atoms with E-state index in [4.69, 9.17) is 0 Å². The van der Waals surface area contributed by atoms with E-state index in [1.54, 1.807) is 12.5 Å². The number of aromatic nitrogens is 2. The Kier molecular flexibility index (Phi) is 3.01. The number of nitrogens with zero attached hydrogens (tertiary/aromatic N) is 3. The minimum atomic E-state index is -0.405. The van der Waals surface area contributed by atoms with Crippen molar-refractivity contribution in [2.45, 2.75) is 26.8 Å². The summed E-state index contributed by atoms with van der Waals surface area (Å²) in [6.07, 6.45) is 4.81. The number of imidazole rings is 1. The van der Waals surface area contributed by atoms with Crippen LogP contribution in [0.4, 0.5) is 0 Å². The van der Waals surface area contributed by atoms with Crippen LogP contribution in [-0.4, -0.2) is 14.5 Å². The second-order valence-electron chi connectivity index (χ2n) is 3.36. The Balaban J connectivity index is 3.02. The summed E-state index contributed by atoms with van der Waals surface area (Å²) in [6, 6.07) is 0.253. The Morgan fingerprint density at radius 1 is 1.71 bits per heavy atom. The quantitative estimate of drug-likeness (QED) is 0.548. The molecular formula is C9H13N3O2. The molecule has 0 N–H and O–H groups in total. The first-order chi connectivity index (χ1) is 6.52. The molecule has 76 valence electrons. The lowest BCUT2D eigenvalue weighted by Gasteiger charge is -2.08. The van der Waals surface area contributed by atoms with Crippen molar-refractivity contribution in [2.24, 2.45) is 0 Å². The molecule has 0 amide bonds. The second kappa shape index (κ2) is 4.04. The van der Waals surface area contributed by atoms with Crippen LogP contribution in [0, 0.1) is 10.1 Å². The van der Waals surface area contributed by atoms with Crippen molar-refractivity contribution in [3.05, 3.63) is 34.0 Å². The monoisotopic (exact) mass is 195 g/mol. The third kappa shape index (κ3) is 2.18. The lowest BCUT2D eigenvalue weighted by molar-refractivity contribution is -0.422. The van der Waals surface area contributed by atoms with Gasteiger partial charge in [-0.15, -0.1) is 0 Å². The Morgan fingerprint density at radius 3 is 2.86 bits per heavy atom. The van der Waals surface area contributed by atoms with Gasteiger partial charge >= 0.3 is 0 Å². The summed E-state index contributed by atoms with van der Waals surface area (Å²) in [5.41, 5.74) is 0.876. The predicted octanol–water partition coefficient (Wildman–Crippen LogP) is 2.10. The zero-order valence-electron chi connectivity index (χ0n) is 8.47. The van der Waals surface area contributed by atoms with Crippen LogP contribution >= 0.6 is 0 Å². The molecule has 0 aliphatic rings. The number of hydrogen-bond acceptors (Lipinski definition) is 3. The van der Waals surface area contributed by atoms with Gasteiger partial charge < -0.3 is 4.57 Å². The maximum absolute atomic E-state index is 10.4. The van der Waals surface area contributed by atoms with Crippen LogP contribution in [0.2, 0.25) is 0 Å². The van der Waals surface area contributed by atoms with Crippen LogP contribution in [0.1, 0.15) is 32.5 Å². The molecule has 0 unspecified atom stereocenters. The first kappa shape index (κ1) is 10.4. The van der Waals surface area contributed by atoms with Gasteiger partial charge in [-0.05, 0) is 13.8 Å². The zero-order chi connectivity index (χ0) is 10.7. The molecule has 0 aromatic carbocycles. The second-order valence-corrected chi connectivity index (χ2v) is 3.36. The number of nitro groups is 1. The zero-order valence-corrected chi connectivity index (χ0v) is 8.47. The van der Waals surface area contributed by atoms with Gasteiger partial charge in [-0.2, -0.15) is 0 Å². The standard InChI is InChI=1S/C9H13N3O2/c1-7(2)11-6-10-5-9(11)4-8(3)12(13)14/h4-7H,1-3H3. The summed E-state index contributed by atoms with van der Waals surface area (Å²) in [7, 11) is 0. The van der Waals surface area contributed by atoms with Crippen LogP contribution in [0.3, 0.4) is 0 Å². The highest BCUT2D eigenvalue weighted by atomic mass is 16.6. The molecule has 0 saturated heterocycles. The lowest BCUT2D eigenvalue weighted by Crippen LogP contribution is -2.02. The Hall–Kier alpha value is -1.65. The van der Waals surface area contributed by atoms with Gasteiger partial charge in [0.15, 0.2) is 0 Å². The molecule has 1 heterocycles. The van der Waals surface area contributed by atoms with Crippen molar-refractivity contribution >= 4 is 6.08 Å². The molecule has 0 saturated carbocycles. The van der Waals surface area contributed by atoms with Crippen LogP contribution in [0.25, 0.3) is 6.08 Å². The maximum atomic E-state index is 10.4. The van der Waals surface area contributed by atoms with Crippen molar-refractivity contribution in [1.82, 2.24) is 9.55 Å². The fourth-order valence-electron chi connectivity index (χ4n) is 1.12. The van der Waals surface area contributed by atoms with Gasteiger partial charge in [0, 0.05) is 19.0 Å². The molecule has 0 atom stereocenters. The van der Waals surface area contributed by atoms with E-state index in [1.165, 1.54) is 13.0 Å². The summed E-state index contributed by atoms with van der Waals surface area (Å²) in [4.78, 5) is 14.0. The summed E-state index contributed by atoms with van der Waals surface area (Å²) in [6.45, 7) is 5.47. The van der Waals surface area contributed by atoms with Gasteiger partial charge in [-0.25, -0.2) is 4.98 Å². The molecule has 14 heavy (non-hydrogen) atoms. The molecule has 0 radical (unpaired) electrons. The summed E-state index contributed by atoms with van der Waals surface area (Å²) in [5, 5.41) is 10.4. The van der Waals surface area contributed by atoms with Gasteiger partial charge in [-0.3, -0.25) is 10.1 Å². The number of allylic oxidation sites excluding steroid dienone is 1. The van der Waals surface area contributed by atoms with E-state index in [2.05, 4.69) is 4.98 Å². The smallest absolute Gasteiger partial charge is 0.245 e. The topological polar surface area (TPSA) is 61.0 Å². The molecule has 1 rings (SSSR count). The molecule has 5 nitrogen and oxygen atoms in total. The summed E-state index contributed by atoms with van der Waals surface area (Å²) in [5.74, 6) is 0. The molecule has 0 aliphatic carbocycles. The minimum absolute atomic E-state index is 0.118. The number of rotatable bonds is 3. The van der Waals surface area contributed by atoms with Crippen LogP contribution in [0.5, 0.6) is 0 Å². The highest BCUT2D eigenvalue weighted by Gasteiger charge is 2.07. The summed E-state index contributed by atoms with van der Waals surface area (Å²) < 4.78 is 1.88. The summed E-state index contributed by atoms with van der Waals surface area (Å²) >= 11 is 0. The normalized spacial score (nSPS) is 12.1. The molecule has 0 spiro atoms. The third-order valence-electron chi connectivity index (χ3n) is 1.90. The van der Waals surface area contributed by atoms with Gasteiger partial charge in [-0.1, -0.05) is 0 Å². The van der Waals surface area contributed by atoms with E-state index in [-0.39, 0.29) is 11.7 Å². The van der Waals surface area contributed by atoms with Gasteiger partial charge in [0.25, 0.3) is 0 Å². The Labute approximate surface area is 82.2 Å². The average Bonchev–Trinajstić information content (AvgIpc) is 2.52. The first-order valence-corrected chi connectivity index (χ1v) is 4.37. The highest BCUT2D eigenvalue weighted by Crippen LogP contribution is 2.12. The molecule has 1 aromatic rings. The van der Waals surface area contributed by atoms with Crippen molar-refractivity contribution in [2.75, 3.05) is 0 Å². The Morgan fingerprint density at radius 2 is 2.36 bits per heavy atom. The SMILES string of the molecule is CC(=Cc1cncn1C(C)C)[N+](=O)[O-]. The fraction of sp³-hybridized carbons (Fsp3) is 0.444. The van der Waals surface area contributed by atoms with Crippen LogP contribution in [-0.2, 0) is 0 Å². The van der Waals surface area contributed by atoms with Crippen LogP contribution < -0.4 is 0 Å². The molecule has 1 aromatic heterocycles. The Bertz CT molecular complexity index is 366. The van der Waals surface area contributed by atoms with Gasteiger partial charge in [0.05, 0.1) is 23.1 Å². The van der Waals surface area contributed by atoms with Crippen molar-refractivity contribution in [3.63, 3.8) is 0 Å². The van der Waals surface area contributed by atoms with E-state index in [9.17, 15) is 10.1 Å². The molecule has 0 bridgehead atoms. The van der Waals surface area contributed by atoms with E-state index < -0.39 is 4.92 Å². The van der Waals surface area contributed by atoms with E-state index in [0.717, 1.165) is 5.69 Å². The predicted molar refractivity (Wildman–Crippen MR) is 53.3 cm³/mol. The van der Waals surface area contributed by atoms with Gasteiger partial charge in [0.1, 0.15) is 0 Å². The minimum Gasteiger partial charge on any atom is -0.328 e. The molecule has 5 heteroatoms. The maximum Gasteiger partial charge on any atom is 0.245 e. The molecular weight excluding hydrogens is 182 g/mol. The molecule has 0 fully saturated rings. The molecule has 0 aliphatic heterocycles. The highest BCUT2D eigenvalue weighted by molar-refractivity contribution is 5.45. The van der Waals surface area contributed by atoms with Crippen LogP contribution in [0.15, 0.2) is 18.2 Å². The van der Waals surface area contributed by atoms with E-state index in [0.29, 0.717) is 0 Å². The van der Waals surface area contributed by atoms with E-state index in [1.807, 2.05) is 18.4 Å². The van der Waals surface area contributed by atoms with Crippen molar-refractivity contribution in [3.8, 4) is 0 Å². The third-order valence-corrected chi connectivity index (χ3v) is 1.90. The van der Waals surface area contributed by atoms with Gasteiger partial charge in [0.2, 0.25) is 5.70 Å². The average molecular weight is 195 g/mol. The van der Waals surface area contributed by atoms with Crippen molar-refractivity contribution < 1.29 is 4.92 Å². The van der Waals surface area contributed by atoms with E-state index >= 15 is 0 Å². The van der Waals surface area contributed by atoms with Crippen molar-refractivity contribution in [1.29, 1.82) is 0 Å². The lowest BCUT2D eigenvalue weighted by atomic mass is 10.3. The first-order valence-electron chi connectivity index (χ1n) is 4.37. The fourth-order valence-corrected chi connectivity index (χ4v) is 1.12. The number of hydrogen-bond donors (Lipinski definition) is 0.